The quantitative estimate of drug-likeness (QED) is 0.752. The van der Waals surface area contributed by atoms with Crippen molar-refractivity contribution in [2.24, 2.45) is 5.92 Å². The Labute approximate surface area is 109 Å². The molecule has 2 heterocycles. The Bertz CT molecular complexity index is 484. The molecule has 0 radical (unpaired) electrons. The van der Waals surface area contributed by atoms with Crippen LogP contribution in [0.2, 0.25) is 0 Å². The van der Waals surface area contributed by atoms with Crippen molar-refractivity contribution in [1.29, 1.82) is 0 Å². The predicted octanol–water partition coefficient (Wildman–Crippen LogP) is 2.82. The van der Waals surface area contributed by atoms with Gasteiger partial charge in [-0.15, -0.1) is 0 Å². The van der Waals surface area contributed by atoms with Gasteiger partial charge in [-0.05, 0) is 67.8 Å². The summed E-state index contributed by atoms with van der Waals surface area (Å²) in [7, 11) is 4.10. The highest BCUT2D eigenvalue weighted by Crippen LogP contribution is 2.52. The molecule has 96 valence electrons. The highest BCUT2D eigenvalue weighted by molar-refractivity contribution is 5.43. The fourth-order valence-corrected chi connectivity index (χ4v) is 4.71. The van der Waals surface area contributed by atoms with Gasteiger partial charge in [0.05, 0.1) is 7.11 Å². The van der Waals surface area contributed by atoms with Crippen molar-refractivity contribution < 1.29 is 4.74 Å². The van der Waals surface area contributed by atoms with E-state index in [1.807, 2.05) is 0 Å². The van der Waals surface area contributed by atoms with E-state index in [-0.39, 0.29) is 0 Å². The molecule has 2 fully saturated rings. The van der Waals surface area contributed by atoms with Crippen LogP contribution >= 0.6 is 0 Å². The molecule has 0 aromatic heterocycles. The van der Waals surface area contributed by atoms with Crippen LogP contribution < -0.4 is 4.74 Å². The van der Waals surface area contributed by atoms with E-state index in [4.69, 9.17) is 4.74 Å². The van der Waals surface area contributed by atoms with Crippen molar-refractivity contribution >= 4 is 0 Å². The van der Waals surface area contributed by atoms with Crippen LogP contribution in [0.4, 0.5) is 0 Å². The molecular weight excluding hydrogens is 222 g/mol. The first-order valence-electron chi connectivity index (χ1n) is 7.16. The number of rotatable bonds is 1. The van der Waals surface area contributed by atoms with E-state index in [1.165, 1.54) is 25.7 Å². The van der Waals surface area contributed by atoms with Crippen LogP contribution in [0, 0.1) is 5.92 Å². The second-order valence-corrected chi connectivity index (χ2v) is 6.24. The molecular formula is C16H21NO. The molecule has 4 unspecified atom stereocenters. The van der Waals surface area contributed by atoms with E-state index in [1.54, 1.807) is 18.2 Å². The zero-order valence-corrected chi connectivity index (χ0v) is 11.2. The molecule has 1 aromatic rings. The van der Waals surface area contributed by atoms with Gasteiger partial charge in [0.2, 0.25) is 0 Å². The molecule has 4 rings (SSSR count). The largest absolute Gasteiger partial charge is 0.497 e. The molecule has 0 saturated carbocycles. The predicted molar refractivity (Wildman–Crippen MR) is 72.1 cm³/mol. The second kappa shape index (κ2) is 3.74. The van der Waals surface area contributed by atoms with E-state index in [0.29, 0.717) is 0 Å². The fraction of sp³-hybridized carbons (Fsp3) is 0.625. The van der Waals surface area contributed by atoms with Gasteiger partial charge in [0, 0.05) is 12.1 Å². The molecule has 3 aliphatic rings. The minimum atomic E-state index is 0.819. The third-order valence-electron chi connectivity index (χ3n) is 5.64. The Morgan fingerprint density at radius 2 is 2.17 bits per heavy atom. The Balaban J connectivity index is 1.73. The van der Waals surface area contributed by atoms with Crippen LogP contribution in [0.1, 0.15) is 36.3 Å². The van der Waals surface area contributed by atoms with Gasteiger partial charge < -0.3 is 9.64 Å². The van der Waals surface area contributed by atoms with Gasteiger partial charge in [0.25, 0.3) is 0 Å². The number of hydrogen-bond donors (Lipinski definition) is 0. The van der Waals surface area contributed by atoms with Gasteiger partial charge in [-0.1, -0.05) is 6.07 Å². The average molecular weight is 243 g/mol. The molecule has 2 aliphatic heterocycles. The minimum absolute atomic E-state index is 0.819. The van der Waals surface area contributed by atoms with Gasteiger partial charge in [-0.3, -0.25) is 0 Å². The van der Waals surface area contributed by atoms with Crippen LogP contribution in [0.15, 0.2) is 18.2 Å². The standard InChI is InChI=1S/C16H21NO/c1-17-11-3-6-16(17)15-8-10-7-12(18-2)4-5-13(10)14(15)9-11/h4-5,7,11,14-16H,3,6,8-9H2,1-2H3. The molecule has 0 N–H and O–H groups in total. The monoisotopic (exact) mass is 243 g/mol. The maximum atomic E-state index is 5.37. The number of methoxy groups -OCH3 is 1. The van der Waals surface area contributed by atoms with Gasteiger partial charge in [-0.25, -0.2) is 0 Å². The smallest absolute Gasteiger partial charge is 0.119 e. The molecule has 2 nitrogen and oxygen atoms in total. The highest BCUT2D eigenvalue weighted by Gasteiger charge is 2.48. The summed E-state index contributed by atoms with van der Waals surface area (Å²) in [6, 6.07) is 8.39. The SMILES string of the molecule is COc1ccc2c(c1)CC1C2CC2CCC1N2C. The number of nitrogens with zero attached hydrogens (tertiary/aromatic N) is 1. The first-order chi connectivity index (χ1) is 8.78. The normalized spacial score (nSPS) is 37.4. The first-order valence-corrected chi connectivity index (χ1v) is 7.16. The van der Waals surface area contributed by atoms with Crippen molar-refractivity contribution in [3.05, 3.63) is 29.3 Å². The van der Waals surface area contributed by atoms with Crippen molar-refractivity contribution in [3.8, 4) is 5.75 Å². The van der Waals surface area contributed by atoms with E-state index in [9.17, 15) is 0 Å². The maximum absolute atomic E-state index is 5.37. The molecule has 2 bridgehead atoms. The highest BCUT2D eigenvalue weighted by atomic mass is 16.5. The summed E-state index contributed by atoms with van der Waals surface area (Å²) in [5.74, 6) is 2.70. The zero-order chi connectivity index (χ0) is 12.3. The van der Waals surface area contributed by atoms with E-state index in [2.05, 4.69) is 30.1 Å². The van der Waals surface area contributed by atoms with E-state index >= 15 is 0 Å². The number of fused-ring (bicyclic) bond motifs is 6. The topological polar surface area (TPSA) is 12.5 Å². The third-order valence-corrected chi connectivity index (χ3v) is 5.64. The van der Waals surface area contributed by atoms with Gasteiger partial charge >= 0.3 is 0 Å². The van der Waals surface area contributed by atoms with Crippen LogP contribution in [-0.2, 0) is 6.42 Å². The summed E-state index contributed by atoms with van der Waals surface area (Å²) in [6.07, 6.45) is 5.46. The van der Waals surface area contributed by atoms with Crippen LogP contribution in [-0.4, -0.2) is 31.1 Å². The van der Waals surface area contributed by atoms with Gasteiger partial charge in [0.15, 0.2) is 0 Å². The van der Waals surface area contributed by atoms with Crippen molar-refractivity contribution in [2.45, 2.75) is 43.7 Å². The molecule has 4 atom stereocenters. The fourth-order valence-electron chi connectivity index (χ4n) is 4.71. The molecule has 1 aliphatic carbocycles. The summed E-state index contributed by atoms with van der Waals surface area (Å²) >= 11 is 0. The number of hydrogen-bond acceptors (Lipinski definition) is 2. The summed E-state index contributed by atoms with van der Waals surface area (Å²) in [5, 5.41) is 0. The molecule has 1 aromatic carbocycles. The zero-order valence-electron chi connectivity index (χ0n) is 11.2. The molecule has 18 heavy (non-hydrogen) atoms. The Kier molecular flexibility index (Phi) is 2.25. The molecule has 0 amide bonds. The average Bonchev–Trinajstić information content (AvgIpc) is 2.86. The van der Waals surface area contributed by atoms with Gasteiger partial charge in [0.1, 0.15) is 5.75 Å². The lowest BCUT2D eigenvalue weighted by atomic mass is 9.81. The third kappa shape index (κ3) is 1.33. The lowest BCUT2D eigenvalue weighted by molar-refractivity contribution is 0.109. The summed E-state index contributed by atoms with van der Waals surface area (Å²) in [5.41, 5.74) is 3.16. The maximum Gasteiger partial charge on any atom is 0.119 e. The summed E-state index contributed by atoms with van der Waals surface area (Å²) < 4.78 is 5.37. The Hall–Kier alpha value is -1.02. The number of benzene rings is 1. The number of ether oxygens (including phenoxy) is 1. The molecule has 2 saturated heterocycles. The lowest BCUT2D eigenvalue weighted by Gasteiger charge is -2.40. The minimum Gasteiger partial charge on any atom is -0.497 e. The number of piperidine rings is 1. The van der Waals surface area contributed by atoms with Crippen LogP contribution in [0.25, 0.3) is 0 Å². The van der Waals surface area contributed by atoms with Crippen molar-refractivity contribution in [1.82, 2.24) is 4.90 Å². The Morgan fingerprint density at radius 3 is 3.00 bits per heavy atom. The van der Waals surface area contributed by atoms with E-state index < -0.39 is 0 Å². The van der Waals surface area contributed by atoms with E-state index in [0.717, 1.165) is 29.7 Å². The van der Waals surface area contributed by atoms with Crippen LogP contribution in [0.3, 0.4) is 0 Å². The molecule has 0 spiro atoms. The summed E-state index contributed by atoms with van der Waals surface area (Å²) in [6.45, 7) is 0. The van der Waals surface area contributed by atoms with Crippen molar-refractivity contribution in [2.75, 3.05) is 14.2 Å². The first kappa shape index (κ1) is 10.9. The second-order valence-electron chi connectivity index (χ2n) is 6.24. The van der Waals surface area contributed by atoms with Gasteiger partial charge in [-0.2, -0.15) is 0 Å². The molecule has 2 heteroatoms. The van der Waals surface area contributed by atoms with Crippen LogP contribution in [0.5, 0.6) is 5.75 Å². The Morgan fingerprint density at radius 1 is 1.28 bits per heavy atom. The summed E-state index contributed by atoms with van der Waals surface area (Å²) in [4.78, 5) is 2.66. The van der Waals surface area contributed by atoms with Crippen molar-refractivity contribution in [3.63, 3.8) is 0 Å². The lowest BCUT2D eigenvalue weighted by Crippen LogP contribution is -2.44.